The largest absolute Gasteiger partial charge is 0.311 e. The van der Waals surface area contributed by atoms with E-state index in [-0.39, 0.29) is 12.1 Å². The summed E-state index contributed by atoms with van der Waals surface area (Å²) in [5.74, 6) is 0. The van der Waals surface area contributed by atoms with E-state index in [1.807, 2.05) is 62.6 Å². The van der Waals surface area contributed by atoms with Crippen molar-refractivity contribution < 1.29 is 0 Å². The van der Waals surface area contributed by atoms with E-state index in [1.54, 1.807) is 0 Å². The topological polar surface area (TPSA) is 71.6 Å². The van der Waals surface area contributed by atoms with Gasteiger partial charge in [-0.1, -0.05) is 24.3 Å². The molecule has 0 aliphatic rings. The Labute approximate surface area is 131 Å². The fourth-order valence-corrected chi connectivity index (χ4v) is 2.58. The van der Waals surface area contributed by atoms with Crippen molar-refractivity contribution in [2.24, 2.45) is 0 Å². The van der Waals surface area contributed by atoms with Crippen molar-refractivity contribution in [1.82, 2.24) is 10.6 Å². The zero-order valence-corrected chi connectivity index (χ0v) is 12.7. The molecule has 4 nitrogen and oxygen atoms in total. The highest BCUT2D eigenvalue weighted by Gasteiger charge is 2.22. The van der Waals surface area contributed by atoms with Gasteiger partial charge in [0, 0.05) is 0 Å². The Balaban J connectivity index is 2.33. The van der Waals surface area contributed by atoms with Crippen LogP contribution >= 0.6 is 0 Å². The van der Waals surface area contributed by atoms with Crippen molar-refractivity contribution in [3.05, 3.63) is 70.8 Å². The third-order valence-corrected chi connectivity index (χ3v) is 3.75. The summed E-state index contributed by atoms with van der Waals surface area (Å²) in [6.07, 6.45) is 0. The molecule has 2 aromatic carbocycles. The molecule has 2 N–H and O–H groups in total. The highest BCUT2D eigenvalue weighted by atomic mass is 15.0. The standard InChI is InChI=1S/C18H18N4/c1-21-17(15-7-3-13(11-19)4-8-15)18(22-2)16-9-5-14(12-20)6-10-16/h3-10,17-18,21-22H,1-2H3/t17-,18-/m0/s1. The minimum atomic E-state index is 0.0608. The predicted molar refractivity (Wildman–Crippen MR) is 85.9 cm³/mol. The van der Waals surface area contributed by atoms with Gasteiger partial charge in [-0.3, -0.25) is 0 Å². The lowest BCUT2D eigenvalue weighted by Crippen LogP contribution is -2.31. The van der Waals surface area contributed by atoms with Gasteiger partial charge in [-0.15, -0.1) is 0 Å². The first kappa shape index (κ1) is 15.7. The highest BCUT2D eigenvalue weighted by Crippen LogP contribution is 2.28. The van der Waals surface area contributed by atoms with Crippen LogP contribution in [0.3, 0.4) is 0 Å². The van der Waals surface area contributed by atoms with Crippen molar-refractivity contribution in [2.45, 2.75) is 12.1 Å². The molecule has 0 aromatic heterocycles. The van der Waals surface area contributed by atoms with Crippen LogP contribution in [-0.2, 0) is 0 Å². The van der Waals surface area contributed by atoms with Crippen LogP contribution in [0.1, 0.15) is 34.3 Å². The lowest BCUT2D eigenvalue weighted by molar-refractivity contribution is 0.432. The van der Waals surface area contributed by atoms with Crippen LogP contribution in [-0.4, -0.2) is 14.1 Å². The molecule has 22 heavy (non-hydrogen) atoms. The maximum atomic E-state index is 8.90. The fraction of sp³-hybridized carbons (Fsp3) is 0.222. The number of nitrogens with one attached hydrogen (secondary N) is 2. The summed E-state index contributed by atoms with van der Waals surface area (Å²) < 4.78 is 0. The summed E-state index contributed by atoms with van der Waals surface area (Å²) in [4.78, 5) is 0. The van der Waals surface area contributed by atoms with E-state index in [0.717, 1.165) is 11.1 Å². The first-order valence-corrected chi connectivity index (χ1v) is 7.08. The lowest BCUT2D eigenvalue weighted by atomic mass is 9.92. The zero-order chi connectivity index (χ0) is 15.9. The van der Waals surface area contributed by atoms with Crippen LogP contribution in [0.5, 0.6) is 0 Å². The molecule has 0 spiro atoms. The summed E-state index contributed by atoms with van der Waals surface area (Å²) in [5.41, 5.74) is 3.51. The first-order valence-electron chi connectivity index (χ1n) is 7.08. The van der Waals surface area contributed by atoms with Crippen molar-refractivity contribution in [2.75, 3.05) is 14.1 Å². The summed E-state index contributed by atoms with van der Waals surface area (Å²) in [6, 6.07) is 19.5. The van der Waals surface area contributed by atoms with E-state index in [1.165, 1.54) is 0 Å². The van der Waals surface area contributed by atoms with Gasteiger partial charge in [0.1, 0.15) is 0 Å². The van der Waals surface area contributed by atoms with Crippen LogP contribution in [0.25, 0.3) is 0 Å². The number of nitrogens with zero attached hydrogens (tertiary/aromatic N) is 2. The molecule has 2 atom stereocenters. The van der Waals surface area contributed by atoms with E-state index >= 15 is 0 Å². The van der Waals surface area contributed by atoms with Gasteiger partial charge in [0.25, 0.3) is 0 Å². The average Bonchev–Trinajstić information content (AvgIpc) is 2.60. The van der Waals surface area contributed by atoms with Crippen molar-refractivity contribution in [3.63, 3.8) is 0 Å². The lowest BCUT2D eigenvalue weighted by Gasteiger charge is -2.27. The van der Waals surface area contributed by atoms with Gasteiger partial charge >= 0.3 is 0 Å². The molecule has 4 heteroatoms. The van der Waals surface area contributed by atoms with Crippen LogP contribution in [0.15, 0.2) is 48.5 Å². The molecule has 0 saturated heterocycles. The van der Waals surface area contributed by atoms with Gasteiger partial charge in [-0.05, 0) is 49.5 Å². The molecule has 2 aromatic rings. The molecule has 0 aliphatic heterocycles. The van der Waals surface area contributed by atoms with Crippen LogP contribution in [0, 0.1) is 22.7 Å². The van der Waals surface area contributed by atoms with E-state index in [2.05, 4.69) is 22.8 Å². The van der Waals surface area contributed by atoms with E-state index in [4.69, 9.17) is 10.5 Å². The Bertz CT molecular complexity index is 626. The number of likely N-dealkylation sites (N-methyl/N-ethyl adjacent to an activating group) is 2. The number of benzene rings is 2. The molecular weight excluding hydrogens is 272 g/mol. The van der Waals surface area contributed by atoms with Crippen molar-refractivity contribution >= 4 is 0 Å². The van der Waals surface area contributed by atoms with E-state index < -0.39 is 0 Å². The van der Waals surface area contributed by atoms with Crippen LogP contribution in [0.4, 0.5) is 0 Å². The molecule has 2 rings (SSSR count). The predicted octanol–water partition coefficient (Wildman–Crippen LogP) is 2.65. The third kappa shape index (κ3) is 3.32. The Morgan fingerprint density at radius 3 is 1.23 bits per heavy atom. The second-order valence-corrected chi connectivity index (χ2v) is 5.00. The molecule has 110 valence electrons. The summed E-state index contributed by atoms with van der Waals surface area (Å²) in [5, 5.41) is 24.5. The molecule has 0 unspecified atom stereocenters. The smallest absolute Gasteiger partial charge is 0.0991 e. The molecule has 0 bridgehead atoms. The minimum absolute atomic E-state index is 0.0608. The van der Waals surface area contributed by atoms with Gasteiger partial charge in [0.2, 0.25) is 0 Å². The minimum Gasteiger partial charge on any atom is -0.311 e. The maximum Gasteiger partial charge on any atom is 0.0991 e. The Morgan fingerprint density at radius 1 is 0.682 bits per heavy atom. The number of rotatable bonds is 5. The average molecular weight is 290 g/mol. The summed E-state index contributed by atoms with van der Waals surface area (Å²) in [6.45, 7) is 0. The summed E-state index contributed by atoms with van der Waals surface area (Å²) in [7, 11) is 3.83. The molecule has 0 heterocycles. The Hall–Kier alpha value is -2.66. The zero-order valence-electron chi connectivity index (χ0n) is 12.7. The molecule has 0 saturated carbocycles. The first-order chi connectivity index (χ1) is 10.7. The van der Waals surface area contributed by atoms with Gasteiger partial charge in [-0.25, -0.2) is 0 Å². The molecule has 0 amide bonds. The SMILES string of the molecule is CN[C@@H](c1ccc(C#N)cc1)[C@@H](NC)c1ccc(C#N)cc1. The molecule has 0 fully saturated rings. The van der Waals surface area contributed by atoms with E-state index in [0.29, 0.717) is 11.1 Å². The Kier molecular flexibility index (Phi) is 5.27. The van der Waals surface area contributed by atoms with Crippen molar-refractivity contribution in [3.8, 4) is 12.1 Å². The van der Waals surface area contributed by atoms with Gasteiger partial charge in [0.05, 0.1) is 35.3 Å². The normalized spacial score (nSPS) is 12.9. The van der Waals surface area contributed by atoms with Crippen molar-refractivity contribution in [1.29, 1.82) is 10.5 Å². The van der Waals surface area contributed by atoms with Gasteiger partial charge in [-0.2, -0.15) is 10.5 Å². The summed E-state index contributed by atoms with van der Waals surface area (Å²) >= 11 is 0. The van der Waals surface area contributed by atoms with Gasteiger partial charge < -0.3 is 10.6 Å². The number of hydrogen-bond donors (Lipinski definition) is 2. The number of nitriles is 2. The van der Waals surface area contributed by atoms with E-state index in [9.17, 15) is 0 Å². The van der Waals surface area contributed by atoms with Gasteiger partial charge in [0.15, 0.2) is 0 Å². The highest BCUT2D eigenvalue weighted by molar-refractivity contribution is 5.37. The molecular formula is C18H18N4. The fourth-order valence-electron chi connectivity index (χ4n) is 2.58. The second kappa shape index (κ2) is 7.38. The molecule has 0 radical (unpaired) electrons. The molecule has 0 aliphatic carbocycles. The monoisotopic (exact) mass is 290 g/mol. The second-order valence-electron chi connectivity index (χ2n) is 5.00. The van der Waals surface area contributed by atoms with Crippen LogP contribution < -0.4 is 10.6 Å². The Morgan fingerprint density at radius 2 is 1.00 bits per heavy atom. The number of hydrogen-bond acceptors (Lipinski definition) is 4. The maximum absolute atomic E-state index is 8.90. The third-order valence-electron chi connectivity index (χ3n) is 3.75. The quantitative estimate of drug-likeness (QED) is 0.888. The van der Waals surface area contributed by atoms with Crippen LogP contribution in [0.2, 0.25) is 0 Å².